The van der Waals surface area contributed by atoms with Crippen LogP contribution < -0.4 is 9.46 Å². The Kier molecular flexibility index (Phi) is 5.08. The zero-order valence-corrected chi connectivity index (χ0v) is 15.7. The van der Waals surface area contributed by atoms with Crippen molar-refractivity contribution in [2.45, 2.75) is 24.8 Å². The van der Waals surface area contributed by atoms with Crippen LogP contribution in [0.5, 0.6) is 11.8 Å². The number of para-hydroxylation sites is 1. The number of hydrogen-bond acceptors (Lipinski definition) is 6. The van der Waals surface area contributed by atoms with E-state index in [1.54, 1.807) is 17.7 Å². The number of imidazole rings is 1. The van der Waals surface area contributed by atoms with E-state index in [1.165, 1.54) is 36.8 Å². The zero-order valence-electron chi connectivity index (χ0n) is 14.9. The van der Waals surface area contributed by atoms with E-state index in [9.17, 15) is 12.8 Å². The molecule has 3 rings (SSSR count). The third-order valence-electron chi connectivity index (χ3n) is 3.60. The molecule has 1 N–H and O–H groups in total. The number of nitrogens with zero attached hydrogens (tertiary/aromatic N) is 4. The lowest BCUT2D eigenvalue weighted by Gasteiger charge is -2.07. The van der Waals surface area contributed by atoms with Gasteiger partial charge >= 0.3 is 6.01 Å². The summed E-state index contributed by atoms with van der Waals surface area (Å²) in [4.78, 5) is 11.9. The van der Waals surface area contributed by atoms with Gasteiger partial charge in [0.2, 0.25) is 0 Å². The van der Waals surface area contributed by atoms with Crippen molar-refractivity contribution < 1.29 is 17.5 Å². The maximum atomic E-state index is 13.6. The minimum absolute atomic E-state index is 0.0273. The summed E-state index contributed by atoms with van der Waals surface area (Å²) in [6, 6.07) is 5.71. The largest absolute Gasteiger partial charge is 0.421 e. The number of halogens is 1. The molecule has 8 nitrogen and oxygen atoms in total. The molecular weight excluding hydrogens is 373 g/mol. The number of hydrogen-bond donors (Lipinski definition) is 1. The Morgan fingerprint density at radius 1 is 1.19 bits per heavy atom. The lowest BCUT2D eigenvalue weighted by molar-refractivity contribution is 0.411. The van der Waals surface area contributed by atoms with Gasteiger partial charge in [0.15, 0.2) is 16.6 Å². The molecule has 3 aromatic rings. The second kappa shape index (κ2) is 7.31. The van der Waals surface area contributed by atoms with Gasteiger partial charge in [-0.2, -0.15) is 8.42 Å². The van der Waals surface area contributed by atoms with Crippen LogP contribution >= 0.6 is 0 Å². The molecule has 0 amide bonds. The average molecular weight is 391 g/mol. The van der Waals surface area contributed by atoms with Crippen LogP contribution in [-0.4, -0.2) is 27.9 Å². The zero-order chi connectivity index (χ0) is 19.6. The maximum absolute atomic E-state index is 13.6. The Morgan fingerprint density at radius 3 is 2.44 bits per heavy atom. The van der Waals surface area contributed by atoms with Crippen molar-refractivity contribution in [3.8, 4) is 11.8 Å². The van der Waals surface area contributed by atoms with Crippen molar-refractivity contribution in [1.29, 1.82) is 0 Å². The highest BCUT2D eigenvalue weighted by molar-refractivity contribution is 7.92. The van der Waals surface area contributed by atoms with Crippen LogP contribution in [0.3, 0.4) is 0 Å². The van der Waals surface area contributed by atoms with Gasteiger partial charge in [0.1, 0.15) is 5.82 Å². The van der Waals surface area contributed by atoms with E-state index >= 15 is 0 Å². The predicted octanol–water partition coefficient (Wildman–Crippen LogP) is 3.07. The van der Waals surface area contributed by atoms with E-state index in [-0.39, 0.29) is 28.4 Å². The van der Waals surface area contributed by atoms with E-state index in [4.69, 9.17) is 4.74 Å². The molecule has 2 aromatic heterocycles. The molecule has 0 bridgehead atoms. The molecule has 0 aliphatic carbocycles. The fourth-order valence-corrected chi connectivity index (χ4v) is 3.40. The highest BCUT2D eigenvalue weighted by Crippen LogP contribution is 2.22. The standard InChI is InChI=1S/C17H18FN5O3S/c1-11(2)16-21-15(10-23(16)3)27(24,25)22-12-8-19-17(20-9-12)26-14-7-5-4-6-13(14)18/h4-11,22H,1-3H3. The summed E-state index contributed by atoms with van der Waals surface area (Å²) < 4.78 is 47.8. The quantitative estimate of drug-likeness (QED) is 0.693. The minimum Gasteiger partial charge on any atom is -0.421 e. The lowest BCUT2D eigenvalue weighted by atomic mass is 10.2. The molecular formula is C17H18FN5O3S. The molecule has 0 atom stereocenters. The Morgan fingerprint density at radius 2 is 1.85 bits per heavy atom. The van der Waals surface area contributed by atoms with Gasteiger partial charge in [-0.25, -0.2) is 19.3 Å². The van der Waals surface area contributed by atoms with Gasteiger partial charge in [0.25, 0.3) is 10.0 Å². The molecule has 0 unspecified atom stereocenters. The molecule has 142 valence electrons. The van der Waals surface area contributed by atoms with Gasteiger partial charge in [-0.15, -0.1) is 0 Å². The van der Waals surface area contributed by atoms with E-state index in [1.807, 2.05) is 13.8 Å². The fourth-order valence-electron chi connectivity index (χ4n) is 2.37. The third-order valence-corrected chi connectivity index (χ3v) is 4.85. The van der Waals surface area contributed by atoms with E-state index < -0.39 is 15.8 Å². The third kappa shape index (κ3) is 4.22. The summed E-state index contributed by atoms with van der Waals surface area (Å²) in [5, 5.41) is -0.0969. The van der Waals surface area contributed by atoms with Gasteiger partial charge in [-0.05, 0) is 12.1 Å². The summed E-state index contributed by atoms with van der Waals surface area (Å²) in [5.74, 6) is 0.153. The summed E-state index contributed by atoms with van der Waals surface area (Å²) in [5.41, 5.74) is 0.132. The van der Waals surface area contributed by atoms with Crippen molar-refractivity contribution >= 4 is 15.7 Å². The van der Waals surface area contributed by atoms with Crippen molar-refractivity contribution in [3.05, 3.63) is 54.5 Å². The number of anilines is 1. The number of ether oxygens (including phenoxy) is 1. The van der Waals surface area contributed by atoms with Crippen LogP contribution in [0.4, 0.5) is 10.1 Å². The number of nitrogens with one attached hydrogen (secondary N) is 1. The van der Waals surface area contributed by atoms with E-state index in [0.717, 1.165) is 0 Å². The number of aromatic nitrogens is 4. The first-order valence-corrected chi connectivity index (χ1v) is 9.55. The van der Waals surface area contributed by atoms with Crippen molar-refractivity contribution in [3.63, 3.8) is 0 Å². The normalized spacial score (nSPS) is 11.6. The number of rotatable bonds is 6. The molecule has 0 aliphatic heterocycles. The molecule has 0 saturated carbocycles. The second-order valence-electron chi connectivity index (χ2n) is 6.10. The van der Waals surface area contributed by atoms with E-state index in [2.05, 4.69) is 19.7 Å². The lowest BCUT2D eigenvalue weighted by Crippen LogP contribution is -2.14. The van der Waals surface area contributed by atoms with Crippen LogP contribution in [0.2, 0.25) is 0 Å². The monoisotopic (exact) mass is 391 g/mol. The molecule has 10 heteroatoms. The summed E-state index contributed by atoms with van der Waals surface area (Å²) in [6.45, 7) is 3.85. The number of benzene rings is 1. The SMILES string of the molecule is CC(C)c1nc(S(=O)(=O)Nc2cnc(Oc3ccccc3F)nc2)cn1C. The van der Waals surface area contributed by atoms with E-state index in [0.29, 0.717) is 5.82 Å². The van der Waals surface area contributed by atoms with Crippen molar-refractivity contribution in [1.82, 2.24) is 19.5 Å². The highest BCUT2D eigenvalue weighted by Gasteiger charge is 2.21. The maximum Gasteiger partial charge on any atom is 0.322 e. The van der Waals surface area contributed by atoms with Crippen LogP contribution in [-0.2, 0) is 17.1 Å². The number of aryl methyl sites for hydroxylation is 1. The molecule has 0 spiro atoms. The predicted molar refractivity (Wildman–Crippen MR) is 96.6 cm³/mol. The first kappa shape index (κ1) is 18.8. The summed E-state index contributed by atoms with van der Waals surface area (Å²) in [7, 11) is -2.15. The second-order valence-corrected chi connectivity index (χ2v) is 7.72. The molecule has 0 radical (unpaired) electrons. The van der Waals surface area contributed by atoms with Crippen LogP contribution in [0, 0.1) is 5.82 Å². The first-order valence-electron chi connectivity index (χ1n) is 8.07. The van der Waals surface area contributed by atoms with Gasteiger partial charge < -0.3 is 9.30 Å². The molecule has 0 fully saturated rings. The first-order chi connectivity index (χ1) is 12.8. The molecule has 1 aromatic carbocycles. The van der Waals surface area contributed by atoms with Crippen LogP contribution in [0.1, 0.15) is 25.6 Å². The van der Waals surface area contributed by atoms with Crippen molar-refractivity contribution in [2.24, 2.45) is 7.05 Å². The molecule has 27 heavy (non-hydrogen) atoms. The van der Waals surface area contributed by atoms with Crippen LogP contribution in [0.15, 0.2) is 47.9 Å². The minimum atomic E-state index is -3.89. The topological polar surface area (TPSA) is 99.0 Å². The van der Waals surface area contributed by atoms with Gasteiger partial charge in [0, 0.05) is 19.2 Å². The Balaban J connectivity index is 1.76. The van der Waals surface area contributed by atoms with Gasteiger partial charge in [0.05, 0.1) is 18.1 Å². The molecule has 0 saturated heterocycles. The smallest absolute Gasteiger partial charge is 0.322 e. The van der Waals surface area contributed by atoms with Gasteiger partial charge in [-0.3, -0.25) is 4.72 Å². The summed E-state index contributed by atoms with van der Waals surface area (Å²) in [6.07, 6.45) is 3.90. The van der Waals surface area contributed by atoms with Crippen LogP contribution in [0.25, 0.3) is 0 Å². The Labute approximate surface area is 156 Å². The highest BCUT2D eigenvalue weighted by atomic mass is 32.2. The molecule has 2 heterocycles. The van der Waals surface area contributed by atoms with Gasteiger partial charge in [-0.1, -0.05) is 26.0 Å². The molecule has 0 aliphatic rings. The Hall–Kier alpha value is -3.01. The fraction of sp³-hybridized carbons (Fsp3) is 0.235. The number of sulfonamides is 1. The Bertz CT molecular complexity index is 1050. The summed E-state index contributed by atoms with van der Waals surface area (Å²) >= 11 is 0. The average Bonchev–Trinajstić information content (AvgIpc) is 3.01. The van der Waals surface area contributed by atoms with Crippen molar-refractivity contribution in [2.75, 3.05) is 4.72 Å².